The molecule has 1 rings (SSSR count). The van der Waals surface area contributed by atoms with E-state index in [0.717, 1.165) is 51.7 Å². The molecule has 6 heteroatoms. The van der Waals surface area contributed by atoms with Crippen molar-refractivity contribution in [2.45, 2.75) is 70.8 Å². The van der Waals surface area contributed by atoms with Crippen LogP contribution in [0.25, 0.3) is 0 Å². The molecule has 0 radical (unpaired) electrons. The number of hydrogen-bond donors (Lipinski definition) is 2. The Balaban J connectivity index is 2.22. The molecule has 1 heterocycles. The summed E-state index contributed by atoms with van der Waals surface area (Å²) in [5.41, 5.74) is 0. The van der Waals surface area contributed by atoms with E-state index < -0.39 is 12.1 Å². The van der Waals surface area contributed by atoms with Crippen molar-refractivity contribution in [2.24, 2.45) is 0 Å². The van der Waals surface area contributed by atoms with Crippen molar-refractivity contribution in [3.63, 3.8) is 0 Å². The zero-order valence-corrected chi connectivity index (χ0v) is 14.4. The van der Waals surface area contributed by atoms with Crippen LogP contribution >= 0.6 is 0 Å². The molecular weight excluding hydrogens is 296 g/mol. The second-order valence-corrected chi connectivity index (χ2v) is 6.28. The van der Waals surface area contributed by atoms with E-state index in [4.69, 9.17) is 9.84 Å². The number of hydrogen-bond acceptors (Lipinski definition) is 4. The Labute approximate surface area is 139 Å². The van der Waals surface area contributed by atoms with Gasteiger partial charge in [0.25, 0.3) is 0 Å². The molecule has 1 unspecified atom stereocenters. The van der Waals surface area contributed by atoms with Crippen LogP contribution in [0.1, 0.15) is 64.7 Å². The number of unbranched alkanes of at least 4 members (excludes halogenated alkanes) is 3. The molecule has 0 aromatic rings. The number of likely N-dealkylation sites (tertiary alicyclic amines) is 1. The Kier molecular flexibility index (Phi) is 10.4. The molecule has 1 atom stereocenters. The van der Waals surface area contributed by atoms with Gasteiger partial charge in [-0.15, -0.1) is 0 Å². The highest BCUT2D eigenvalue weighted by molar-refractivity contribution is 5.68. The van der Waals surface area contributed by atoms with Crippen molar-refractivity contribution in [3.8, 4) is 0 Å². The third-order valence-corrected chi connectivity index (χ3v) is 4.23. The Morgan fingerprint density at radius 3 is 2.57 bits per heavy atom. The number of nitrogens with zero attached hydrogens (tertiary/aromatic N) is 1. The SMILES string of the molecule is CCCCCCC(CCC(=O)O)OC(=O)NCCN1CCCC1. The van der Waals surface area contributed by atoms with Crippen molar-refractivity contribution < 1.29 is 19.4 Å². The third kappa shape index (κ3) is 10.2. The number of carbonyl (C=O) groups excluding carboxylic acids is 1. The van der Waals surface area contributed by atoms with Crippen LogP contribution in [0.3, 0.4) is 0 Å². The number of aliphatic carboxylic acids is 1. The summed E-state index contributed by atoms with van der Waals surface area (Å²) >= 11 is 0. The highest BCUT2D eigenvalue weighted by Crippen LogP contribution is 2.13. The van der Waals surface area contributed by atoms with E-state index >= 15 is 0 Å². The van der Waals surface area contributed by atoms with E-state index in [1.165, 1.54) is 12.8 Å². The summed E-state index contributed by atoms with van der Waals surface area (Å²) in [7, 11) is 0. The molecule has 0 spiro atoms. The predicted molar refractivity (Wildman–Crippen MR) is 89.6 cm³/mol. The van der Waals surface area contributed by atoms with Crippen molar-refractivity contribution in [1.29, 1.82) is 0 Å². The maximum Gasteiger partial charge on any atom is 0.407 e. The van der Waals surface area contributed by atoms with Crippen LogP contribution in [0, 0.1) is 0 Å². The maximum atomic E-state index is 11.9. The van der Waals surface area contributed by atoms with Gasteiger partial charge in [0.05, 0.1) is 0 Å². The maximum absolute atomic E-state index is 11.9. The Morgan fingerprint density at radius 2 is 1.91 bits per heavy atom. The van der Waals surface area contributed by atoms with Gasteiger partial charge in [-0.2, -0.15) is 0 Å². The van der Waals surface area contributed by atoms with Crippen LogP contribution in [0.15, 0.2) is 0 Å². The fourth-order valence-electron chi connectivity index (χ4n) is 2.86. The first kappa shape index (κ1) is 19.7. The molecule has 0 saturated carbocycles. The minimum absolute atomic E-state index is 0.0412. The Morgan fingerprint density at radius 1 is 1.17 bits per heavy atom. The molecule has 6 nitrogen and oxygen atoms in total. The van der Waals surface area contributed by atoms with E-state index in [0.29, 0.717) is 13.0 Å². The number of carbonyl (C=O) groups is 2. The van der Waals surface area contributed by atoms with E-state index in [1.54, 1.807) is 0 Å². The molecule has 1 aliphatic rings. The Hall–Kier alpha value is -1.30. The number of carboxylic acids is 1. The molecule has 1 aliphatic heterocycles. The second kappa shape index (κ2) is 12.2. The molecule has 1 fully saturated rings. The van der Waals surface area contributed by atoms with Crippen molar-refractivity contribution in [3.05, 3.63) is 0 Å². The van der Waals surface area contributed by atoms with Gasteiger partial charge in [0.15, 0.2) is 0 Å². The normalized spacial score (nSPS) is 16.2. The van der Waals surface area contributed by atoms with Crippen LogP contribution in [-0.2, 0) is 9.53 Å². The summed E-state index contributed by atoms with van der Waals surface area (Å²) in [4.78, 5) is 24.9. The smallest absolute Gasteiger partial charge is 0.407 e. The molecule has 0 aliphatic carbocycles. The lowest BCUT2D eigenvalue weighted by Crippen LogP contribution is -2.35. The number of amides is 1. The Bertz CT molecular complexity index is 343. The molecular formula is C17H32N2O4. The number of alkyl carbamates (subject to hydrolysis) is 1. The van der Waals surface area contributed by atoms with E-state index in [9.17, 15) is 9.59 Å². The average Bonchev–Trinajstić information content (AvgIpc) is 3.02. The summed E-state index contributed by atoms with van der Waals surface area (Å²) in [5, 5.41) is 11.6. The van der Waals surface area contributed by atoms with Crippen LogP contribution in [0.5, 0.6) is 0 Å². The fourth-order valence-corrected chi connectivity index (χ4v) is 2.86. The van der Waals surface area contributed by atoms with Crippen molar-refractivity contribution in [1.82, 2.24) is 10.2 Å². The molecule has 1 saturated heterocycles. The summed E-state index contributed by atoms with van der Waals surface area (Å²) in [6.45, 7) is 5.79. The van der Waals surface area contributed by atoms with Gasteiger partial charge in [0, 0.05) is 19.5 Å². The van der Waals surface area contributed by atoms with Gasteiger partial charge in [0.1, 0.15) is 6.10 Å². The van der Waals surface area contributed by atoms with Gasteiger partial charge in [-0.3, -0.25) is 4.79 Å². The van der Waals surface area contributed by atoms with Gasteiger partial charge in [0.2, 0.25) is 0 Å². The number of nitrogens with one attached hydrogen (secondary N) is 1. The van der Waals surface area contributed by atoms with E-state index in [-0.39, 0.29) is 12.5 Å². The number of ether oxygens (including phenoxy) is 1. The third-order valence-electron chi connectivity index (χ3n) is 4.23. The van der Waals surface area contributed by atoms with Gasteiger partial charge < -0.3 is 20.1 Å². The highest BCUT2D eigenvalue weighted by Gasteiger charge is 2.16. The van der Waals surface area contributed by atoms with Crippen LogP contribution in [-0.4, -0.2) is 54.4 Å². The zero-order valence-electron chi connectivity index (χ0n) is 14.4. The second-order valence-electron chi connectivity index (χ2n) is 6.28. The molecule has 0 bridgehead atoms. The number of rotatable bonds is 12. The summed E-state index contributed by atoms with van der Waals surface area (Å²) in [6.07, 6.45) is 7.31. The van der Waals surface area contributed by atoms with Gasteiger partial charge >= 0.3 is 12.1 Å². The monoisotopic (exact) mass is 328 g/mol. The largest absolute Gasteiger partial charge is 0.481 e. The van der Waals surface area contributed by atoms with E-state index in [2.05, 4.69) is 17.1 Å². The minimum Gasteiger partial charge on any atom is -0.481 e. The number of carboxylic acid groups (broad SMARTS) is 1. The van der Waals surface area contributed by atoms with Crippen LogP contribution in [0.4, 0.5) is 4.79 Å². The average molecular weight is 328 g/mol. The summed E-state index contributed by atoms with van der Waals surface area (Å²) in [6, 6.07) is 0. The quantitative estimate of drug-likeness (QED) is 0.538. The van der Waals surface area contributed by atoms with Crippen LogP contribution < -0.4 is 5.32 Å². The topological polar surface area (TPSA) is 78.9 Å². The van der Waals surface area contributed by atoms with Gasteiger partial charge in [-0.25, -0.2) is 4.79 Å². The predicted octanol–water partition coefficient (Wildman–Crippen LogP) is 3.01. The lowest BCUT2D eigenvalue weighted by Gasteiger charge is -2.19. The molecule has 134 valence electrons. The van der Waals surface area contributed by atoms with Gasteiger partial charge in [-0.1, -0.05) is 26.2 Å². The summed E-state index contributed by atoms with van der Waals surface area (Å²) in [5.74, 6) is -0.846. The van der Waals surface area contributed by atoms with Crippen molar-refractivity contribution >= 4 is 12.1 Å². The standard InChI is InChI=1S/C17H32N2O4/c1-2-3-4-5-8-15(9-10-16(20)21)23-17(22)18-11-14-19-12-6-7-13-19/h15H,2-14H2,1H3,(H,18,22)(H,20,21). The zero-order chi connectivity index (χ0) is 16.9. The first-order chi connectivity index (χ1) is 11.1. The first-order valence-corrected chi connectivity index (χ1v) is 9.00. The fraction of sp³-hybridized carbons (Fsp3) is 0.882. The first-order valence-electron chi connectivity index (χ1n) is 9.00. The van der Waals surface area contributed by atoms with Gasteiger partial charge in [-0.05, 0) is 45.2 Å². The van der Waals surface area contributed by atoms with E-state index in [1.807, 2.05) is 0 Å². The summed E-state index contributed by atoms with van der Waals surface area (Å²) < 4.78 is 5.41. The molecule has 1 amide bonds. The molecule has 0 aromatic heterocycles. The molecule has 2 N–H and O–H groups in total. The molecule has 0 aromatic carbocycles. The highest BCUT2D eigenvalue weighted by atomic mass is 16.6. The lowest BCUT2D eigenvalue weighted by atomic mass is 10.1. The van der Waals surface area contributed by atoms with Crippen molar-refractivity contribution in [2.75, 3.05) is 26.2 Å². The lowest BCUT2D eigenvalue weighted by molar-refractivity contribution is -0.137. The van der Waals surface area contributed by atoms with Crippen LogP contribution in [0.2, 0.25) is 0 Å². The molecule has 23 heavy (non-hydrogen) atoms. The minimum atomic E-state index is -0.846.